The van der Waals surface area contributed by atoms with Gasteiger partial charge in [0.2, 0.25) is 0 Å². The summed E-state index contributed by atoms with van der Waals surface area (Å²) in [6.45, 7) is 10.6. The topological polar surface area (TPSA) is 88.8 Å². The number of aryl methyl sites for hydroxylation is 1. The highest BCUT2D eigenvalue weighted by Gasteiger charge is 2.45. The lowest BCUT2D eigenvalue weighted by Gasteiger charge is -2.38. The van der Waals surface area contributed by atoms with Crippen molar-refractivity contribution in [3.8, 4) is 0 Å². The minimum atomic E-state index is -0.491. The molecule has 26 heavy (non-hydrogen) atoms. The van der Waals surface area contributed by atoms with Gasteiger partial charge in [0.25, 0.3) is 11.8 Å². The van der Waals surface area contributed by atoms with Gasteiger partial charge in [-0.1, -0.05) is 17.7 Å². The minimum absolute atomic E-state index is 0.0417. The van der Waals surface area contributed by atoms with Crippen LogP contribution in [-0.4, -0.2) is 17.4 Å². The van der Waals surface area contributed by atoms with Crippen molar-refractivity contribution in [3.63, 3.8) is 0 Å². The van der Waals surface area contributed by atoms with E-state index in [9.17, 15) is 9.59 Å². The summed E-state index contributed by atoms with van der Waals surface area (Å²) in [5.41, 5.74) is 8.55. The Labute approximate surface area is 158 Å². The first-order valence-corrected chi connectivity index (χ1v) is 9.53. The van der Waals surface area contributed by atoms with Crippen LogP contribution in [-0.2, 0) is 12.0 Å². The predicted octanol–water partition coefficient (Wildman–Crippen LogP) is 2.54. The van der Waals surface area contributed by atoms with Crippen LogP contribution in [0.15, 0.2) is 24.3 Å². The zero-order chi connectivity index (χ0) is 19.3. The standard InChI is InChI=1S/C20H25N3O2S/c1-11-6-8-12(9-7-11)17(25)22-18-14(16(21)24)13-10-19(2,3)23-20(4,5)15(13)26-18/h6-9,23H,10H2,1-5H3,(H2,21,24)(H,22,25)/p+1. The number of thiophene rings is 1. The molecule has 1 aromatic carbocycles. The maximum absolute atomic E-state index is 12.6. The van der Waals surface area contributed by atoms with Crippen molar-refractivity contribution in [2.45, 2.75) is 52.1 Å². The van der Waals surface area contributed by atoms with Gasteiger partial charge in [-0.25, -0.2) is 0 Å². The van der Waals surface area contributed by atoms with Gasteiger partial charge in [-0.3, -0.25) is 9.59 Å². The third kappa shape index (κ3) is 3.39. The van der Waals surface area contributed by atoms with E-state index >= 15 is 0 Å². The molecular formula is C20H26N3O2S+. The summed E-state index contributed by atoms with van der Waals surface area (Å²) in [4.78, 5) is 25.9. The first-order valence-electron chi connectivity index (χ1n) is 8.71. The van der Waals surface area contributed by atoms with Crippen LogP contribution in [0.25, 0.3) is 0 Å². The summed E-state index contributed by atoms with van der Waals surface area (Å²) in [5.74, 6) is -0.720. The first-order chi connectivity index (χ1) is 12.0. The Hall–Kier alpha value is -2.18. The summed E-state index contributed by atoms with van der Waals surface area (Å²) in [5, 5.41) is 5.78. The number of benzene rings is 1. The Bertz CT molecular complexity index is 879. The molecule has 0 spiro atoms. The van der Waals surface area contributed by atoms with Crippen molar-refractivity contribution >= 4 is 28.2 Å². The van der Waals surface area contributed by atoms with E-state index < -0.39 is 5.91 Å². The summed E-state index contributed by atoms with van der Waals surface area (Å²) in [6, 6.07) is 7.35. The van der Waals surface area contributed by atoms with Crippen LogP contribution in [0.5, 0.6) is 0 Å². The lowest BCUT2D eigenvalue weighted by atomic mass is 9.81. The Morgan fingerprint density at radius 1 is 1.15 bits per heavy atom. The van der Waals surface area contributed by atoms with Crippen molar-refractivity contribution in [1.82, 2.24) is 0 Å². The van der Waals surface area contributed by atoms with E-state index in [1.165, 1.54) is 11.3 Å². The first kappa shape index (κ1) is 18.6. The minimum Gasteiger partial charge on any atom is -0.365 e. The van der Waals surface area contributed by atoms with E-state index in [4.69, 9.17) is 5.73 Å². The third-order valence-corrected chi connectivity index (χ3v) is 6.25. The quantitative estimate of drug-likeness (QED) is 0.773. The fraction of sp³-hybridized carbons (Fsp3) is 0.400. The molecule has 1 aliphatic rings. The molecular weight excluding hydrogens is 346 g/mol. The molecule has 0 saturated carbocycles. The van der Waals surface area contributed by atoms with Gasteiger partial charge in [-0.15, -0.1) is 11.3 Å². The number of nitrogens with one attached hydrogen (secondary N) is 1. The second-order valence-electron chi connectivity index (χ2n) is 8.33. The number of amides is 2. The number of hydrogen-bond donors (Lipinski definition) is 3. The number of anilines is 1. The monoisotopic (exact) mass is 372 g/mol. The average molecular weight is 373 g/mol. The van der Waals surface area contributed by atoms with Crippen molar-refractivity contribution in [3.05, 3.63) is 51.4 Å². The third-order valence-electron chi connectivity index (χ3n) is 4.76. The molecule has 1 aliphatic heterocycles. The number of rotatable bonds is 3. The maximum atomic E-state index is 12.6. The Morgan fingerprint density at radius 2 is 1.77 bits per heavy atom. The molecule has 0 radical (unpaired) electrons. The van der Waals surface area contributed by atoms with E-state index in [2.05, 4.69) is 38.3 Å². The van der Waals surface area contributed by atoms with Gasteiger partial charge in [0.05, 0.1) is 16.0 Å². The van der Waals surface area contributed by atoms with Crippen molar-refractivity contribution in [2.75, 3.05) is 5.32 Å². The average Bonchev–Trinajstić information content (AvgIpc) is 2.84. The molecule has 0 saturated heterocycles. The fourth-order valence-corrected chi connectivity index (χ4v) is 5.23. The number of primary amides is 1. The van der Waals surface area contributed by atoms with Crippen LogP contribution < -0.4 is 16.4 Å². The molecule has 5 N–H and O–H groups in total. The summed E-state index contributed by atoms with van der Waals surface area (Å²) >= 11 is 1.46. The van der Waals surface area contributed by atoms with Gasteiger partial charge in [-0.05, 0) is 52.3 Å². The van der Waals surface area contributed by atoms with Crippen molar-refractivity contribution in [1.29, 1.82) is 0 Å². The summed E-state index contributed by atoms with van der Waals surface area (Å²) < 4.78 is 0. The lowest BCUT2D eigenvalue weighted by Crippen LogP contribution is -3.03. The molecule has 138 valence electrons. The molecule has 0 atom stereocenters. The highest BCUT2D eigenvalue weighted by molar-refractivity contribution is 7.17. The smallest absolute Gasteiger partial charge is 0.256 e. The highest BCUT2D eigenvalue weighted by atomic mass is 32.1. The second kappa shape index (κ2) is 6.21. The molecule has 0 bridgehead atoms. The van der Waals surface area contributed by atoms with E-state index in [1.807, 2.05) is 19.1 Å². The second-order valence-corrected chi connectivity index (χ2v) is 9.35. The zero-order valence-electron chi connectivity index (χ0n) is 15.9. The molecule has 3 rings (SSSR count). The van der Waals surface area contributed by atoms with Crippen LogP contribution >= 0.6 is 11.3 Å². The lowest BCUT2D eigenvalue weighted by molar-refractivity contribution is -0.789. The Kier molecular flexibility index (Phi) is 4.45. The van der Waals surface area contributed by atoms with Gasteiger partial charge in [0.15, 0.2) is 0 Å². The Balaban J connectivity index is 2.03. The SMILES string of the molecule is Cc1ccc(C(=O)Nc2sc3c(c2C(N)=O)CC(C)(C)[NH2+]C3(C)C)cc1. The summed E-state index contributed by atoms with van der Waals surface area (Å²) in [6.07, 6.45) is 0.737. The number of fused-ring (bicyclic) bond motifs is 1. The molecule has 6 heteroatoms. The van der Waals surface area contributed by atoms with E-state index in [0.29, 0.717) is 16.1 Å². The number of quaternary nitrogens is 1. The largest absolute Gasteiger partial charge is 0.365 e. The van der Waals surface area contributed by atoms with Crippen LogP contribution in [0.4, 0.5) is 5.00 Å². The van der Waals surface area contributed by atoms with Crippen LogP contribution in [0.2, 0.25) is 0 Å². The van der Waals surface area contributed by atoms with Gasteiger partial charge >= 0.3 is 0 Å². The number of carbonyl (C=O) groups is 2. The number of hydrogen-bond acceptors (Lipinski definition) is 3. The maximum Gasteiger partial charge on any atom is 0.256 e. The Morgan fingerprint density at radius 3 is 2.35 bits per heavy atom. The highest BCUT2D eigenvalue weighted by Crippen LogP contribution is 2.42. The van der Waals surface area contributed by atoms with Crippen LogP contribution in [0.1, 0.15) is 64.4 Å². The van der Waals surface area contributed by atoms with Crippen molar-refractivity contribution < 1.29 is 14.9 Å². The molecule has 2 aromatic rings. The van der Waals surface area contributed by atoms with Gasteiger partial charge in [0.1, 0.15) is 10.5 Å². The predicted molar refractivity (Wildman–Crippen MR) is 105 cm³/mol. The normalized spacial score (nSPS) is 17.4. The van der Waals surface area contributed by atoms with E-state index in [-0.39, 0.29) is 17.0 Å². The van der Waals surface area contributed by atoms with Gasteiger partial charge < -0.3 is 16.4 Å². The molecule has 2 amide bonds. The molecule has 0 fully saturated rings. The van der Waals surface area contributed by atoms with Crippen LogP contribution in [0.3, 0.4) is 0 Å². The molecule has 1 aromatic heterocycles. The fourth-order valence-electron chi connectivity index (χ4n) is 3.93. The van der Waals surface area contributed by atoms with Gasteiger partial charge in [0, 0.05) is 12.0 Å². The summed E-state index contributed by atoms with van der Waals surface area (Å²) in [7, 11) is 0. The van der Waals surface area contributed by atoms with E-state index in [1.54, 1.807) is 12.1 Å². The molecule has 2 heterocycles. The van der Waals surface area contributed by atoms with Crippen LogP contribution in [0, 0.1) is 6.92 Å². The zero-order valence-corrected chi connectivity index (χ0v) is 16.7. The van der Waals surface area contributed by atoms with Gasteiger partial charge in [-0.2, -0.15) is 0 Å². The molecule has 0 aliphatic carbocycles. The molecule has 5 nitrogen and oxygen atoms in total. The number of carbonyl (C=O) groups excluding carboxylic acids is 2. The van der Waals surface area contributed by atoms with E-state index in [0.717, 1.165) is 22.4 Å². The van der Waals surface area contributed by atoms with Crippen molar-refractivity contribution in [2.24, 2.45) is 5.73 Å². The number of nitrogens with two attached hydrogens (primary N) is 2. The molecule has 0 unspecified atom stereocenters.